The molecule has 0 aliphatic carbocycles. The molecule has 2 nitrogen and oxygen atoms in total. The highest BCUT2D eigenvalue weighted by atomic mass is 19.3. The van der Waals surface area contributed by atoms with E-state index >= 15 is 0 Å². The molecule has 0 saturated carbocycles. The van der Waals surface area contributed by atoms with Crippen LogP contribution in [0.25, 0.3) is 0 Å². The monoisotopic (exact) mass is 304 g/mol. The van der Waals surface area contributed by atoms with E-state index in [-0.39, 0.29) is 6.42 Å². The molecule has 0 aliphatic heterocycles. The summed E-state index contributed by atoms with van der Waals surface area (Å²) in [5, 5.41) is 0. The second kappa shape index (κ2) is 7.27. The zero-order valence-electron chi connectivity index (χ0n) is 12.3. The Labute approximate surface area is 128 Å². The number of alkyl halides is 2. The number of carbonyl (C=O) groups excluding carboxylic acids is 1. The number of methoxy groups -OCH3 is 1. The van der Waals surface area contributed by atoms with Crippen molar-refractivity contribution < 1.29 is 18.3 Å². The quantitative estimate of drug-likeness (QED) is 0.766. The Kier molecular flexibility index (Phi) is 5.39. The highest BCUT2D eigenvalue weighted by Gasteiger charge is 2.47. The number of hydrogen-bond acceptors (Lipinski definition) is 2. The molecule has 0 saturated heterocycles. The van der Waals surface area contributed by atoms with Crippen LogP contribution in [-0.4, -0.2) is 18.8 Å². The first-order chi connectivity index (χ1) is 10.6. The summed E-state index contributed by atoms with van der Waals surface area (Å²) in [7, 11) is 1.19. The molecule has 0 amide bonds. The van der Waals surface area contributed by atoms with Crippen molar-refractivity contribution in [2.75, 3.05) is 7.11 Å². The van der Waals surface area contributed by atoms with Crippen molar-refractivity contribution in [3.63, 3.8) is 0 Å². The fraction of sp³-hybridized carbons (Fsp3) is 0.278. The third-order valence-electron chi connectivity index (χ3n) is 3.52. The first kappa shape index (κ1) is 16.3. The molecule has 0 spiro atoms. The second-order valence-electron chi connectivity index (χ2n) is 5.06. The van der Waals surface area contributed by atoms with Crippen molar-refractivity contribution in [1.82, 2.24) is 0 Å². The molecule has 0 bridgehead atoms. The normalized spacial score (nSPS) is 12.9. The van der Waals surface area contributed by atoms with Crippen LogP contribution in [0.5, 0.6) is 0 Å². The van der Waals surface area contributed by atoms with Crippen molar-refractivity contribution in [2.45, 2.75) is 24.9 Å². The van der Waals surface area contributed by atoms with E-state index in [1.807, 2.05) is 30.3 Å². The topological polar surface area (TPSA) is 26.3 Å². The van der Waals surface area contributed by atoms with E-state index in [0.29, 0.717) is 12.0 Å². The summed E-state index contributed by atoms with van der Waals surface area (Å²) >= 11 is 0. The maximum absolute atomic E-state index is 14.4. The number of Topliss-reactive ketones (excluding diaryl/α,β-unsaturated/α-hetero) is 1. The van der Waals surface area contributed by atoms with E-state index in [0.717, 1.165) is 5.56 Å². The van der Waals surface area contributed by atoms with Crippen LogP contribution in [0.4, 0.5) is 8.78 Å². The average Bonchev–Trinajstić information content (AvgIpc) is 2.55. The van der Waals surface area contributed by atoms with Crippen LogP contribution >= 0.6 is 0 Å². The van der Waals surface area contributed by atoms with Crippen LogP contribution in [0.3, 0.4) is 0 Å². The summed E-state index contributed by atoms with van der Waals surface area (Å²) in [6.07, 6.45) is -1.48. The van der Waals surface area contributed by atoms with Crippen molar-refractivity contribution in [3.8, 4) is 0 Å². The molecular weight excluding hydrogens is 286 g/mol. The van der Waals surface area contributed by atoms with Crippen molar-refractivity contribution in [3.05, 3.63) is 71.8 Å². The number of ketones is 1. The lowest BCUT2D eigenvalue weighted by molar-refractivity contribution is -0.166. The van der Waals surface area contributed by atoms with Gasteiger partial charge in [-0.15, -0.1) is 0 Å². The molecule has 0 fully saturated rings. The average molecular weight is 304 g/mol. The van der Waals surface area contributed by atoms with Crippen LogP contribution in [0, 0.1) is 0 Å². The predicted molar refractivity (Wildman–Crippen MR) is 80.9 cm³/mol. The van der Waals surface area contributed by atoms with E-state index < -0.39 is 17.8 Å². The second-order valence-corrected chi connectivity index (χ2v) is 5.06. The van der Waals surface area contributed by atoms with Gasteiger partial charge in [0.1, 0.15) is 0 Å². The molecule has 1 atom stereocenters. The van der Waals surface area contributed by atoms with E-state index in [2.05, 4.69) is 0 Å². The SMILES string of the molecule is COC(c1ccccc1)C(F)(F)C(=O)CCc1ccccc1. The van der Waals surface area contributed by atoms with Gasteiger partial charge in [-0.05, 0) is 17.5 Å². The minimum atomic E-state index is -3.55. The van der Waals surface area contributed by atoms with Gasteiger partial charge in [-0.2, -0.15) is 8.78 Å². The standard InChI is InChI=1S/C18H18F2O2/c1-22-17(15-10-6-3-7-11-15)18(19,20)16(21)13-12-14-8-4-2-5-9-14/h2-11,17H,12-13H2,1H3. The number of hydrogen-bond donors (Lipinski definition) is 0. The van der Waals surface area contributed by atoms with E-state index in [9.17, 15) is 13.6 Å². The fourth-order valence-electron chi connectivity index (χ4n) is 2.34. The van der Waals surface area contributed by atoms with E-state index in [4.69, 9.17) is 4.74 Å². The minimum absolute atomic E-state index is 0.219. The Balaban J connectivity index is 2.08. The molecule has 4 heteroatoms. The Morgan fingerprint density at radius 2 is 1.59 bits per heavy atom. The molecule has 1 unspecified atom stereocenters. The maximum atomic E-state index is 14.4. The highest BCUT2D eigenvalue weighted by molar-refractivity contribution is 5.86. The molecule has 2 aromatic carbocycles. The Morgan fingerprint density at radius 1 is 1.05 bits per heavy atom. The first-order valence-corrected chi connectivity index (χ1v) is 7.08. The number of benzene rings is 2. The van der Waals surface area contributed by atoms with Crippen molar-refractivity contribution in [1.29, 1.82) is 0 Å². The molecule has 2 rings (SSSR count). The predicted octanol–water partition coefficient (Wildman–Crippen LogP) is 4.21. The fourth-order valence-corrected chi connectivity index (χ4v) is 2.34. The summed E-state index contributed by atoms with van der Waals surface area (Å²) in [5.74, 6) is -4.66. The maximum Gasteiger partial charge on any atom is 0.334 e. The van der Waals surface area contributed by atoms with Gasteiger partial charge < -0.3 is 4.74 Å². The molecule has 0 aliphatic rings. The highest BCUT2D eigenvalue weighted by Crippen LogP contribution is 2.35. The number of rotatable bonds is 7. The summed E-state index contributed by atoms with van der Waals surface area (Å²) < 4.78 is 33.7. The molecule has 2 aromatic rings. The minimum Gasteiger partial charge on any atom is -0.370 e. The van der Waals surface area contributed by atoms with Crippen LogP contribution < -0.4 is 0 Å². The summed E-state index contributed by atoms with van der Waals surface area (Å²) in [6, 6.07) is 17.2. The smallest absolute Gasteiger partial charge is 0.334 e. The number of carbonyl (C=O) groups is 1. The number of aryl methyl sites for hydroxylation is 1. The summed E-state index contributed by atoms with van der Waals surface area (Å²) in [4.78, 5) is 12.0. The number of halogens is 2. The molecule has 0 aromatic heterocycles. The molecule has 0 heterocycles. The largest absolute Gasteiger partial charge is 0.370 e. The van der Waals surface area contributed by atoms with Crippen LogP contribution in [0.1, 0.15) is 23.7 Å². The number of ether oxygens (including phenoxy) is 1. The van der Waals surface area contributed by atoms with Crippen LogP contribution in [-0.2, 0) is 16.0 Å². The summed E-state index contributed by atoms with van der Waals surface area (Å²) in [5.41, 5.74) is 1.16. The van der Waals surface area contributed by atoms with Gasteiger partial charge in [0, 0.05) is 13.5 Å². The van der Waals surface area contributed by atoms with Gasteiger partial charge in [0.2, 0.25) is 5.78 Å². The van der Waals surface area contributed by atoms with Gasteiger partial charge >= 0.3 is 5.92 Å². The zero-order valence-corrected chi connectivity index (χ0v) is 12.3. The van der Waals surface area contributed by atoms with Crippen molar-refractivity contribution >= 4 is 5.78 Å². The Morgan fingerprint density at radius 3 is 2.14 bits per heavy atom. The van der Waals surface area contributed by atoms with Gasteiger partial charge in [-0.25, -0.2) is 0 Å². The summed E-state index contributed by atoms with van der Waals surface area (Å²) in [6.45, 7) is 0. The van der Waals surface area contributed by atoms with E-state index in [1.54, 1.807) is 18.2 Å². The van der Waals surface area contributed by atoms with Gasteiger partial charge in [0.15, 0.2) is 6.10 Å². The molecule has 22 heavy (non-hydrogen) atoms. The Bertz CT molecular complexity index is 597. The third-order valence-corrected chi connectivity index (χ3v) is 3.52. The molecule has 0 N–H and O–H groups in total. The van der Waals surface area contributed by atoms with Gasteiger partial charge in [-0.1, -0.05) is 60.7 Å². The van der Waals surface area contributed by atoms with E-state index in [1.165, 1.54) is 19.2 Å². The Hall–Kier alpha value is -2.07. The molecular formula is C18H18F2O2. The van der Waals surface area contributed by atoms with Gasteiger partial charge in [0.05, 0.1) is 0 Å². The van der Waals surface area contributed by atoms with Gasteiger partial charge in [-0.3, -0.25) is 4.79 Å². The first-order valence-electron chi connectivity index (χ1n) is 7.08. The molecule has 116 valence electrons. The third kappa shape index (κ3) is 3.77. The zero-order chi connectivity index (χ0) is 16.0. The lowest BCUT2D eigenvalue weighted by atomic mass is 9.96. The lowest BCUT2D eigenvalue weighted by Crippen LogP contribution is -2.37. The molecule has 0 radical (unpaired) electrons. The van der Waals surface area contributed by atoms with Gasteiger partial charge in [0.25, 0.3) is 0 Å². The van der Waals surface area contributed by atoms with Crippen LogP contribution in [0.2, 0.25) is 0 Å². The van der Waals surface area contributed by atoms with Crippen molar-refractivity contribution in [2.24, 2.45) is 0 Å². The van der Waals surface area contributed by atoms with Crippen LogP contribution in [0.15, 0.2) is 60.7 Å². The lowest BCUT2D eigenvalue weighted by Gasteiger charge is -2.25.